The second-order valence-corrected chi connectivity index (χ2v) is 8.06. The summed E-state index contributed by atoms with van der Waals surface area (Å²) in [5.41, 5.74) is 5.11. The van der Waals surface area contributed by atoms with Crippen molar-refractivity contribution in [1.82, 2.24) is 9.47 Å². The fourth-order valence-electron chi connectivity index (χ4n) is 4.57. The summed E-state index contributed by atoms with van der Waals surface area (Å²) in [4.78, 5) is 26.6. The number of aryl methyl sites for hydroxylation is 1. The normalized spacial score (nSPS) is 16.6. The number of fused-ring (bicyclic) bond motifs is 5. The van der Waals surface area contributed by atoms with Gasteiger partial charge in [-0.05, 0) is 69.1 Å². The molecule has 0 amide bonds. The van der Waals surface area contributed by atoms with Crippen LogP contribution < -0.4 is 0 Å². The lowest BCUT2D eigenvalue weighted by Gasteiger charge is -2.17. The molecule has 4 nitrogen and oxygen atoms in total. The first-order valence-electron chi connectivity index (χ1n) is 9.87. The third-order valence-corrected chi connectivity index (χ3v) is 6.29. The second-order valence-electron chi connectivity index (χ2n) is 8.06. The molecule has 0 aliphatic heterocycles. The van der Waals surface area contributed by atoms with Crippen LogP contribution >= 0.6 is 0 Å². The standard InChI is InChI=1S/C23H24N2O2/c1-14(26)15-3-8-20-19(13-15)23-18-7-10-22(27)17(18)6-9-21(23)25(20)12-11-24(2)16-4-5-16/h3,6,8-9,13,16H,4-5,7,10-12H2,1-2H3. The Hall–Kier alpha value is -2.46. The Kier molecular flexibility index (Phi) is 3.73. The lowest BCUT2D eigenvalue weighted by atomic mass is 10.0. The molecule has 0 spiro atoms. The van der Waals surface area contributed by atoms with Gasteiger partial charge in [0.05, 0.1) is 0 Å². The van der Waals surface area contributed by atoms with E-state index in [0.717, 1.165) is 53.1 Å². The molecule has 1 fully saturated rings. The highest BCUT2D eigenvalue weighted by Crippen LogP contribution is 2.37. The molecule has 27 heavy (non-hydrogen) atoms. The van der Waals surface area contributed by atoms with E-state index in [1.807, 2.05) is 18.2 Å². The number of Topliss-reactive ketones (excluding diaryl/α,β-unsaturated/α-hetero) is 2. The van der Waals surface area contributed by atoms with E-state index in [1.54, 1.807) is 6.92 Å². The minimum absolute atomic E-state index is 0.0786. The van der Waals surface area contributed by atoms with E-state index >= 15 is 0 Å². The van der Waals surface area contributed by atoms with Gasteiger partial charge in [-0.1, -0.05) is 0 Å². The maximum absolute atomic E-state index is 12.3. The van der Waals surface area contributed by atoms with Crippen molar-refractivity contribution in [3.05, 3.63) is 47.0 Å². The molecule has 3 aromatic rings. The summed E-state index contributed by atoms with van der Waals surface area (Å²) in [6.45, 7) is 3.53. The molecule has 1 aromatic heterocycles. The first kappa shape index (κ1) is 16.7. The Morgan fingerprint density at radius 1 is 1.15 bits per heavy atom. The van der Waals surface area contributed by atoms with Gasteiger partial charge in [-0.2, -0.15) is 0 Å². The van der Waals surface area contributed by atoms with E-state index in [1.165, 1.54) is 23.7 Å². The summed E-state index contributed by atoms with van der Waals surface area (Å²) in [5.74, 6) is 0.318. The van der Waals surface area contributed by atoms with Crippen molar-refractivity contribution in [2.24, 2.45) is 0 Å². The van der Waals surface area contributed by atoms with Gasteiger partial charge in [-0.3, -0.25) is 9.59 Å². The number of rotatable bonds is 5. The number of hydrogen-bond donors (Lipinski definition) is 0. The van der Waals surface area contributed by atoms with Crippen LogP contribution in [0.3, 0.4) is 0 Å². The lowest BCUT2D eigenvalue weighted by Crippen LogP contribution is -2.25. The van der Waals surface area contributed by atoms with Crippen LogP contribution in [-0.4, -0.2) is 40.7 Å². The predicted octanol–water partition coefficient (Wildman–Crippen LogP) is 4.22. The minimum atomic E-state index is 0.0786. The number of hydrogen-bond acceptors (Lipinski definition) is 3. The van der Waals surface area contributed by atoms with Crippen LogP contribution in [0.1, 0.15) is 52.5 Å². The third-order valence-electron chi connectivity index (χ3n) is 6.29. The number of aromatic nitrogens is 1. The number of benzene rings is 2. The van der Waals surface area contributed by atoms with Gasteiger partial charge in [0.25, 0.3) is 0 Å². The molecular formula is C23H24N2O2. The quantitative estimate of drug-likeness (QED) is 0.640. The molecule has 1 heterocycles. The summed E-state index contributed by atoms with van der Waals surface area (Å²) >= 11 is 0. The zero-order valence-electron chi connectivity index (χ0n) is 15.9. The van der Waals surface area contributed by atoms with E-state index in [9.17, 15) is 9.59 Å². The molecule has 2 aliphatic rings. The fraction of sp³-hybridized carbons (Fsp3) is 0.391. The number of carbonyl (C=O) groups is 2. The van der Waals surface area contributed by atoms with Gasteiger partial charge >= 0.3 is 0 Å². The van der Waals surface area contributed by atoms with Gasteiger partial charge in [0.1, 0.15) is 0 Å². The lowest BCUT2D eigenvalue weighted by molar-refractivity contribution is 0.0991. The summed E-state index contributed by atoms with van der Waals surface area (Å²) in [5, 5.41) is 2.28. The molecule has 1 saturated carbocycles. The maximum atomic E-state index is 12.3. The highest BCUT2D eigenvalue weighted by molar-refractivity contribution is 6.16. The SMILES string of the molecule is CC(=O)c1ccc2c(c1)c1c3c(ccc1n2CCN(C)C1CC1)C(=O)CC3. The van der Waals surface area contributed by atoms with Crippen LogP contribution in [0.5, 0.6) is 0 Å². The number of nitrogens with zero attached hydrogens (tertiary/aromatic N) is 2. The van der Waals surface area contributed by atoms with Crippen LogP contribution in [-0.2, 0) is 13.0 Å². The Morgan fingerprint density at radius 2 is 1.93 bits per heavy atom. The van der Waals surface area contributed by atoms with Crippen LogP contribution in [0.15, 0.2) is 30.3 Å². The molecule has 2 aromatic carbocycles. The Bertz CT molecular complexity index is 1100. The molecule has 0 bridgehead atoms. The molecule has 0 radical (unpaired) electrons. The minimum Gasteiger partial charge on any atom is -0.339 e. The van der Waals surface area contributed by atoms with Crippen molar-refractivity contribution in [2.75, 3.05) is 13.6 Å². The summed E-state index contributed by atoms with van der Waals surface area (Å²) in [6, 6.07) is 10.9. The summed E-state index contributed by atoms with van der Waals surface area (Å²) in [7, 11) is 2.20. The van der Waals surface area contributed by atoms with Crippen LogP contribution in [0.25, 0.3) is 21.8 Å². The van der Waals surface area contributed by atoms with E-state index < -0.39 is 0 Å². The maximum Gasteiger partial charge on any atom is 0.163 e. The van der Waals surface area contributed by atoms with Gasteiger partial charge in [-0.25, -0.2) is 0 Å². The summed E-state index contributed by atoms with van der Waals surface area (Å²) < 4.78 is 2.37. The Balaban J connectivity index is 1.72. The zero-order valence-corrected chi connectivity index (χ0v) is 15.9. The molecular weight excluding hydrogens is 336 g/mol. The Labute approximate surface area is 158 Å². The zero-order chi connectivity index (χ0) is 18.7. The molecule has 5 rings (SSSR count). The van der Waals surface area contributed by atoms with E-state index in [4.69, 9.17) is 0 Å². The molecule has 0 unspecified atom stereocenters. The van der Waals surface area contributed by atoms with Gasteiger partial charge in [-0.15, -0.1) is 0 Å². The van der Waals surface area contributed by atoms with Gasteiger partial charge in [0.15, 0.2) is 11.6 Å². The number of ketones is 2. The average molecular weight is 360 g/mol. The van der Waals surface area contributed by atoms with Gasteiger partial charge < -0.3 is 9.47 Å². The van der Waals surface area contributed by atoms with Crippen molar-refractivity contribution < 1.29 is 9.59 Å². The van der Waals surface area contributed by atoms with Crippen LogP contribution in [0.2, 0.25) is 0 Å². The topological polar surface area (TPSA) is 42.3 Å². The highest BCUT2D eigenvalue weighted by atomic mass is 16.1. The van der Waals surface area contributed by atoms with E-state index in [2.05, 4.69) is 28.6 Å². The Morgan fingerprint density at radius 3 is 2.67 bits per heavy atom. The van der Waals surface area contributed by atoms with E-state index in [0.29, 0.717) is 6.42 Å². The van der Waals surface area contributed by atoms with Crippen molar-refractivity contribution in [3.8, 4) is 0 Å². The van der Waals surface area contributed by atoms with Crippen LogP contribution in [0.4, 0.5) is 0 Å². The van der Waals surface area contributed by atoms with Crippen molar-refractivity contribution in [1.29, 1.82) is 0 Å². The first-order valence-corrected chi connectivity index (χ1v) is 9.87. The second kappa shape index (κ2) is 6.03. The molecule has 0 atom stereocenters. The monoisotopic (exact) mass is 360 g/mol. The third kappa shape index (κ3) is 2.62. The van der Waals surface area contributed by atoms with Crippen molar-refractivity contribution in [3.63, 3.8) is 0 Å². The molecule has 4 heteroatoms. The fourth-order valence-corrected chi connectivity index (χ4v) is 4.57. The number of likely N-dealkylation sites (N-methyl/N-ethyl adjacent to an activating group) is 1. The van der Waals surface area contributed by atoms with E-state index in [-0.39, 0.29) is 11.6 Å². The average Bonchev–Trinajstić information content (AvgIpc) is 3.38. The molecule has 2 aliphatic carbocycles. The van der Waals surface area contributed by atoms with Crippen LogP contribution in [0, 0.1) is 0 Å². The highest BCUT2D eigenvalue weighted by Gasteiger charge is 2.27. The van der Waals surface area contributed by atoms with Gasteiger partial charge in [0, 0.05) is 58.5 Å². The van der Waals surface area contributed by atoms with Crippen molar-refractivity contribution >= 4 is 33.4 Å². The number of carbonyl (C=O) groups excluding carboxylic acids is 2. The molecule has 0 N–H and O–H groups in total. The van der Waals surface area contributed by atoms with Crippen molar-refractivity contribution in [2.45, 2.75) is 45.2 Å². The molecule has 138 valence electrons. The predicted molar refractivity (Wildman–Crippen MR) is 108 cm³/mol. The first-order chi connectivity index (χ1) is 13.0. The van der Waals surface area contributed by atoms with Gasteiger partial charge in [0.2, 0.25) is 0 Å². The summed E-state index contributed by atoms with van der Waals surface area (Å²) in [6.07, 6.45) is 4.01. The smallest absolute Gasteiger partial charge is 0.163 e. The molecule has 0 saturated heterocycles. The largest absolute Gasteiger partial charge is 0.339 e.